The minimum atomic E-state index is -0.390. The summed E-state index contributed by atoms with van der Waals surface area (Å²) in [6.07, 6.45) is 6.20. The number of nitrogens with zero attached hydrogens (tertiary/aromatic N) is 1. The molecule has 2 fully saturated rings. The minimum absolute atomic E-state index is 0.00162. The van der Waals surface area contributed by atoms with E-state index in [-0.39, 0.29) is 5.91 Å². The van der Waals surface area contributed by atoms with Crippen LogP contribution in [0.3, 0.4) is 0 Å². The van der Waals surface area contributed by atoms with Crippen LogP contribution in [0.15, 0.2) is 42.5 Å². The first-order valence-electron chi connectivity index (χ1n) is 11.3. The van der Waals surface area contributed by atoms with E-state index in [0.29, 0.717) is 34.4 Å². The number of anilines is 2. The van der Waals surface area contributed by atoms with Crippen molar-refractivity contribution in [1.82, 2.24) is 4.90 Å². The van der Waals surface area contributed by atoms with Crippen molar-refractivity contribution in [3.05, 3.63) is 48.0 Å². The molecule has 0 aromatic heterocycles. The summed E-state index contributed by atoms with van der Waals surface area (Å²) in [5, 5.41) is 5.56. The summed E-state index contributed by atoms with van der Waals surface area (Å²) in [4.78, 5) is 27.6. The zero-order chi connectivity index (χ0) is 22.5. The molecule has 170 valence electrons. The van der Waals surface area contributed by atoms with Crippen molar-refractivity contribution < 1.29 is 19.1 Å². The number of fused-ring (bicyclic) bond motifs is 1. The minimum Gasteiger partial charge on any atom is -0.497 e. The van der Waals surface area contributed by atoms with E-state index in [1.54, 1.807) is 56.7 Å². The number of carbonyl (C=O) groups excluding carboxylic acids is 2. The second-order valence-electron chi connectivity index (χ2n) is 8.57. The Kier molecular flexibility index (Phi) is 6.83. The number of piperidine rings is 1. The molecule has 1 saturated heterocycles. The molecule has 2 N–H and O–H groups in total. The van der Waals surface area contributed by atoms with Crippen LogP contribution in [0, 0.1) is 11.8 Å². The van der Waals surface area contributed by atoms with Crippen LogP contribution in [0.4, 0.5) is 16.2 Å². The third-order valence-electron chi connectivity index (χ3n) is 6.60. The maximum atomic E-state index is 13.2. The monoisotopic (exact) mass is 437 g/mol. The van der Waals surface area contributed by atoms with Crippen LogP contribution in [0.2, 0.25) is 0 Å². The molecule has 2 aliphatic rings. The Morgan fingerprint density at radius 2 is 1.66 bits per heavy atom. The Balaban J connectivity index is 1.42. The molecule has 3 amide bonds. The lowest BCUT2D eigenvalue weighted by atomic mass is 9.75. The number of ether oxygens (including phenoxy) is 2. The molecule has 7 heteroatoms. The molecule has 4 rings (SSSR count). The highest BCUT2D eigenvalue weighted by Crippen LogP contribution is 2.37. The number of nitrogens with one attached hydrogen (secondary N) is 2. The van der Waals surface area contributed by atoms with Crippen molar-refractivity contribution in [1.29, 1.82) is 0 Å². The molecule has 0 spiro atoms. The molecule has 1 aliphatic carbocycles. The molecule has 1 aliphatic heterocycles. The Labute approximate surface area is 189 Å². The average molecular weight is 438 g/mol. The summed E-state index contributed by atoms with van der Waals surface area (Å²) in [5.41, 5.74) is 1.69. The largest absolute Gasteiger partial charge is 0.497 e. The molecule has 2 atom stereocenters. The molecule has 2 aromatic carbocycles. The zero-order valence-electron chi connectivity index (χ0n) is 18.7. The van der Waals surface area contributed by atoms with Crippen LogP contribution in [0.1, 0.15) is 42.5 Å². The normalized spacial score (nSPS) is 20.1. The number of likely N-dealkylation sites (tertiary alicyclic amines) is 1. The van der Waals surface area contributed by atoms with Crippen LogP contribution in [0.25, 0.3) is 0 Å². The molecule has 0 bridgehead atoms. The summed E-state index contributed by atoms with van der Waals surface area (Å²) in [5.74, 6) is 2.50. The van der Waals surface area contributed by atoms with Crippen LogP contribution in [0.5, 0.6) is 11.5 Å². The molecular weight excluding hydrogens is 406 g/mol. The van der Waals surface area contributed by atoms with Gasteiger partial charge in [-0.05, 0) is 48.9 Å². The van der Waals surface area contributed by atoms with E-state index in [9.17, 15) is 9.59 Å². The standard InChI is InChI=1S/C25H31N3O4/c1-31-21-9-5-8-19(14-21)26-25(30)27-20-10-11-22(23(15-20)32-2)24(29)28-13-12-17-6-3-4-7-18(17)16-28/h5,8-11,14-15,17-18H,3-4,6-7,12-13,16H2,1-2H3,(H2,26,27,30)/t17-,18?/m1/s1. The number of rotatable bonds is 5. The molecule has 7 nitrogen and oxygen atoms in total. The smallest absolute Gasteiger partial charge is 0.323 e. The van der Waals surface area contributed by atoms with Gasteiger partial charge in [0.15, 0.2) is 0 Å². The fourth-order valence-corrected chi connectivity index (χ4v) is 4.90. The summed E-state index contributed by atoms with van der Waals surface area (Å²) in [6.45, 7) is 1.63. The van der Waals surface area contributed by atoms with Gasteiger partial charge < -0.3 is 25.0 Å². The van der Waals surface area contributed by atoms with Gasteiger partial charge >= 0.3 is 6.03 Å². The van der Waals surface area contributed by atoms with Gasteiger partial charge in [-0.25, -0.2) is 4.79 Å². The van der Waals surface area contributed by atoms with Gasteiger partial charge in [-0.1, -0.05) is 25.3 Å². The lowest BCUT2D eigenvalue weighted by Gasteiger charge is -2.41. The number of hydrogen-bond acceptors (Lipinski definition) is 4. The van der Waals surface area contributed by atoms with Gasteiger partial charge in [-0.2, -0.15) is 0 Å². The molecule has 32 heavy (non-hydrogen) atoms. The van der Waals surface area contributed by atoms with E-state index < -0.39 is 6.03 Å². The highest BCUT2D eigenvalue weighted by molar-refractivity contribution is 6.01. The third-order valence-corrected chi connectivity index (χ3v) is 6.60. The third kappa shape index (κ3) is 4.98. The fourth-order valence-electron chi connectivity index (χ4n) is 4.90. The van der Waals surface area contributed by atoms with E-state index in [1.807, 2.05) is 4.90 Å². The topological polar surface area (TPSA) is 79.9 Å². The number of carbonyl (C=O) groups is 2. The number of benzene rings is 2. The van der Waals surface area contributed by atoms with Gasteiger partial charge in [0.2, 0.25) is 0 Å². The summed E-state index contributed by atoms with van der Waals surface area (Å²) < 4.78 is 10.7. The van der Waals surface area contributed by atoms with Gasteiger partial charge in [0.05, 0.1) is 19.8 Å². The van der Waals surface area contributed by atoms with Gasteiger partial charge in [-0.15, -0.1) is 0 Å². The Bertz CT molecular complexity index is 977. The number of methoxy groups -OCH3 is 2. The summed E-state index contributed by atoms with van der Waals surface area (Å²) in [6, 6.07) is 11.9. The first-order chi connectivity index (χ1) is 15.6. The van der Waals surface area contributed by atoms with Crippen molar-refractivity contribution in [3.63, 3.8) is 0 Å². The quantitative estimate of drug-likeness (QED) is 0.690. The van der Waals surface area contributed by atoms with Crippen molar-refractivity contribution >= 4 is 23.3 Å². The van der Waals surface area contributed by atoms with Crippen LogP contribution in [-0.4, -0.2) is 44.1 Å². The van der Waals surface area contributed by atoms with Crippen molar-refractivity contribution in [2.24, 2.45) is 11.8 Å². The molecule has 0 radical (unpaired) electrons. The van der Waals surface area contributed by atoms with E-state index in [0.717, 1.165) is 25.4 Å². The fraction of sp³-hybridized carbons (Fsp3) is 0.440. The Morgan fingerprint density at radius 3 is 2.41 bits per heavy atom. The first-order valence-corrected chi connectivity index (χ1v) is 11.3. The summed E-state index contributed by atoms with van der Waals surface area (Å²) >= 11 is 0. The van der Waals surface area contributed by atoms with Crippen molar-refractivity contribution in [3.8, 4) is 11.5 Å². The van der Waals surface area contributed by atoms with Gasteiger partial charge in [0.1, 0.15) is 11.5 Å². The van der Waals surface area contributed by atoms with Crippen molar-refractivity contribution in [2.45, 2.75) is 32.1 Å². The molecule has 1 heterocycles. The highest BCUT2D eigenvalue weighted by Gasteiger charge is 2.33. The highest BCUT2D eigenvalue weighted by atomic mass is 16.5. The number of urea groups is 1. The number of amides is 3. The van der Waals surface area contributed by atoms with Gasteiger partial charge in [-0.3, -0.25) is 4.79 Å². The molecule has 2 aromatic rings. The SMILES string of the molecule is COc1cccc(NC(=O)Nc2ccc(C(=O)N3CC[C@H]4CCCCC4C3)c(OC)c2)c1. The van der Waals surface area contributed by atoms with E-state index in [1.165, 1.54) is 25.7 Å². The second-order valence-corrected chi connectivity index (χ2v) is 8.57. The summed E-state index contributed by atoms with van der Waals surface area (Å²) in [7, 11) is 3.12. The van der Waals surface area contributed by atoms with Crippen LogP contribution >= 0.6 is 0 Å². The van der Waals surface area contributed by atoms with E-state index in [4.69, 9.17) is 9.47 Å². The number of hydrogen-bond donors (Lipinski definition) is 2. The predicted octanol–water partition coefficient (Wildman–Crippen LogP) is 5.00. The zero-order valence-corrected chi connectivity index (χ0v) is 18.7. The average Bonchev–Trinajstić information content (AvgIpc) is 2.83. The molecule has 1 unspecified atom stereocenters. The Hall–Kier alpha value is -3.22. The maximum Gasteiger partial charge on any atom is 0.323 e. The van der Waals surface area contributed by atoms with Gasteiger partial charge in [0.25, 0.3) is 5.91 Å². The predicted molar refractivity (Wildman–Crippen MR) is 125 cm³/mol. The second kappa shape index (κ2) is 9.94. The van der Waals surface area contributed by atoms with Crippen LogP contribution in [-0.2, 0) is 0 Å². The van der Waals surface area contributed by atoms with E-state index >= 15 is 0 Å². The molecule has 1 saturated carbocycles. The lowest BCUT2D eigenvalue weighted by Crippen LogP contribution is -2.44. The van der Waals surface area contributed by atoms with E-state index in [2.05, 4.69) is 10.6 Å². The van der Waals surface area contributed by atoms with Crippen LogP contribution < -0.4 is 20.1 Å². The molecular formula is C25H31N3O4. The lowest BCUT2D eigenvalue weighted by molar-refractivity contribution is 0.0518. The maximum absolute atomic E-state index is 13.2. The van der Waals surface area contributed by atoms with Gasteiger partial charge in [0, 0.05) is 36.6 Å². The van der Waals surface area contributed by atoms with Crippen molar-refractivity contribution in [2.75, 3.05) is 37.9 Å². The Morgan fingerprint density at radius 1 is 0.906 bits per heavy atom. The first kappa shape index (κ1) is 22.0.